The minimum Gasteiger partial charge on any atom is -0.381 e. The Morgan fingerprint density at radius 1 is 0.952 bits per heavy atom. The van der Waals surface area contributed by atoms with E-state index in [1.807, 2.05) is 51.1 Å². The first kappa shape index (κ1) is 13.8. The summed E-state index contributed by atoms with van der Waals surface area (Å²) < 4.78 is 0. The Labute approximate surface area is 125 Å². The molecule has 0 aliphatic rings. The number of para-hydroxylation sites is 1. The predicted octanol–water partition coefficient (Wildman–Crippen LogP) is 4.11. The molecule has 3 aromatic rings. The summed E-state index contributed by atoms with van der Waals surface area (Å²) in [6, 6.07) is 16.1. The first-order chi connectivity index (χ1) is 10.00. The van der Waals surface area contributed by atoms with Gasteiger partial charge in [0.05, 0.1) is 5.52 Å². The van der Waals surface area contributed by atoms with Crippen LogP contribution >= 0.6 is 0 Å². The molecule has 106 valence electrons. The number of aliphatic hydroxyl groups is 1. The Morgan fingerprint density at radius 2 is 1.71 bits per heavy atom. The van der Waals surface area contributed by atoms with E-state index < -0.39 is 5.60 Å². The molecule has 1 heterocycles. The number of hydrogen-bond acceptors (Lipinski definition) is 2. The lowest BCUT2D eigenvalue weighted by Crippen LogP contribution is -2.24. The van der Waals surface area contributed by atoms with Crippen LogP contribution in [0.25, 0.3) is 10.9 Å². The average Bonchev–Trinajstić information content (AvgIpc) is 2.49. The first-order valence-corrected chi connectivity index (χ1v) is 7.14. The van der Waals surface area contributed by atoms with Crippen molar-refractivity contribution in [2.45, 2.75) is 26.4 Å². The minimum absolute atomic E-state index is 0.842. The van der Waals surface area contributed by atoms with Crippen molar-refractivity contribution in [1.82, 2.24) is 4.98 Å². The summed E-state index contributed by atoms with van der Waals surface area (Å²) in [4.78, 5) is 4.47. The van der Waals surface area contributed by atoms with Crippen LogP contribution in [0.5, 0.6) is 0 Å². The van der Waals surface area contributed by atoms with E-state index in [1.54, 1.807) is 6.20 Å². The normalized spacial score (nSPS) is 14.1. The lowest BCUT2D eigenvalue weighted by molar-refractivity contribution is 0.103. The third kappa shape index (κ3) is 2.32. The monoisotopic (exact) mass is 277 g/mol. The van der Waals surface area contributed by atoms with Gasteiger partial charge in [0.1, 0.15) is 5.60 Å². The fraction of sp³-hybridized carbons (Fsp3) is 0.211. The molecule has 0 radical (unpaired) electrons. The van der Waals surface area contributed by atoms with E-state index in [0.29, 0.717) is 0 Å². The van der Waals surface area contributed by atoms with Crippen molar-refractivity contribution < 1.29 is 5.11 Å². The maximum Gasteiger partial charge on any atom is 0.114 e. The smallest absolute Gasteiger partial charge is 0.114 e. The predicted molar refractivity (Wildman–Crippen MR) is 86.3 cm³/mol. The molecule has 0 bridgehead atoms. The number of aryl methyl sites for hydroxylation is 2. The molecule has 0 amide bonds. The van der Waals surface area contributed by atoms with Gasteiger partial charge in [-0.15, -0.1) is 0 Å². The summed E-state index contributed by atoms with van der Waals surface area (Å²) in [5, 5.41) is 12.3. The van der Waals surface area contributed by atoms with Crippen LogP contribution in [0.3, 0.4) is 0 Å². The standard InChI is InChI=1S/C19H19NO/c1-13-9-10-14(2)17(12-13)19(3,21)16-8-4-6-15-7-5-11-20-18(15)16/h4-12,21H,1-3H3. The fourth-order valence-corrected chi connectivity index (χ4v) is 2.90. The zero-order valence-corrected chi connectivity index (χ0v) is 12.6. The second-order valence-electron chi connectivity index (χ2n) is 5.77. The van der Waals surface area contributed by atoms with Gasteiger partial charge in [-0.3, -0.25) is 4.98 Å². The third-order valence-electron chi connectivity index (χ3n) is 4.07. The van der Waals surface area contributed by atoms with Gasteiger partial charge in [0.2, 0.25) is 0 Å². The highest BCUT2D eigenvalue weighted by molar-refractivity contribution is 5.83. The maximum atomic E-state index is 11.2. The number of fused-ring (bicyclic) bond motifs is 1. The van der Waals surface area contributed by atoms with E-state index in [9.17, 15) is 5.11 Å². The van der Waals surface area contributed by atoms with E-state index in [2.05, 4.69) is 23.2 Å². The highest BCUT2D eigenvalue weighted by atomic mass is 16.3. The average molecular weight is 277 g/mol. The van der Waals surface area contributed by atoms with E-state index in [0.717, 1.165) is 33.2 Å². The summed E-state index contributed by atoms with van der Waals surface area (Å²) in [6.45, 7) is 5.92. The second-order valence-corrected chi connectivity index (χ2v) is 5.77. The van der Waals surface area contributed by atoms with Crippen LogP contribution in [0.1, 0.15) is 29.2 Å². The SMILES string of the molecule is Cc1ccc(C)c(C(C)(O)c2cccc3cccnc23)c1. The van der Waals surface area contributed by atoms with E-state index in [4.69, 9.17) is 0 Å². The van der Waals surface area contributed by atoms with Gasteiger partial charge in [0, 0.05) is 17.1 Å². The Bertz CT molecular complexity index is 800. The molecule has 3 rings (SSSR count). The Hall–Kier alpha value is -2.19. The van der Waals surface area contributed by atoms with Crippen molar-refractivity contribution in [2.24, 2.45) is 0 Å². The van der Waals surface area contributed by atoms with Crippen LogP contribution in [0.2, 0.25) is 0 Å². The van der Waals surface area contributed by atoms with Gasteiger partial charge < -0.3 is 5.11 Å². The van der Waals surface area contributed by atoms with Crippen LogP contribution in [0, 0.1) is 13.8 Å². The second kappa shape index (κ2) is 4.97. The lowest BCUT2D eigenvalue weighted by Gasteiger charge is -2.27. The zero-order chi connectivity index (χ0) is 15.0. The largest absolute Gasteiger partial charge is 0.381 e. The number of nitrogens with zero attached hydrogens (tertiary/aromatic N) is 1. The highest BCUT2D eigenvalue weighted by Crippen LogP contribution is 2.35. The topological polar surface area (TPSA) is 33.1 Å². The molecule has 2 nitrogen and oxygen atoms in total. The van der Waals surface area contributed by atoms with Crippen LogP contribution in [0.15, 0.2) is 54.7 Å². The molecule has 2 heteroatoms. The van der Waals surface area contributed by atoms with Crippen molar-refractivity contribution in [3.63, 3.8) is 0 Å². The molecule has 0 saturated heterocycles. The molecular weight excluding hydrogens is 258 g/mol. The van der Waals surface area contributed by atoms with Gasteiger partial charge in [-0.05, 0) is 38.0 Å². The van der Waals surface area contributed by atoms with E-state index in [-0.39, 0.29) is 0 Å². The Balaban J connectivity index is 2.27. The van der Waals surface area contributed by atoms with Crippen LogP contribution in [0.4, 0.5) is 0 Å². The van der Waals surface area contributed by atoms with E-state index in [1.165, 1.54) is 0 Å². The number of aromatic nitrogens is 1. The van der Waals surface area contributed by atoms with Crippen LogP contribution in [-0.4, -0.2) is 10.1 Å². The lowest BCUT2D eigenvalue weighted by atomic mass is 9.83. The Morgan fingerprint density at radius 3 is 2.52 bits per heavy atom. The summed E-state index contributed by atoms with van der Waals surface area (Å²) >= 11 is 0. The van der Waals surface area contributed by atoms with Gasteiger partial charge in [-0.1, -0.05) is 48.0 Å². The maximum absolute atomic E-state index is 11.2. The molecule has 1 aromatic heterocycles. The molecule has 0 spiro atoms. The summed E-state index contributed by atoms with van der Waals surface area (Å²) in [5.74, 6) is 0. The van der Waals surface area contributed by atoms with Gasteiger partial charge in [-0.25, -0.2) is 0 Å². The zero-order valence-electron chi connectivity index (χ0n) is 12.6. The number of hydrogen-bond donors (Lipinski definition) is 1. The number of benzene rings is 2. The molecule has 1 atom stereocenters. The summed E-state index contributed by atoms with van der Waals surface area (Å²) in [5.41, 5.74) is 3.78. The molecule has 1 N–H and O–H groups in total. The first-order valence-electron chi connectivity index (χ1n) is 7.14. The molecule has 0 aliphatic heterocycles. The number of rotatable bonds is 2. The summed E-state index contributed by atoms with van der Waals surface area (Å²) in [6.07, 6.45) is 1.77. The van der Waals surface area contributed by atoms with Crippen molar-refractivity contribution in [3.8, 4) is 0 Å². The van der Waals surface area contributed by atoms with E-state index >= 15 is 0 Å². The molecule has 1 unspecified atom stereocenters. The Kier molecular flexibility index (Phi) is 3.26. The quantitative estimate of drug-likeness (QED) is 0.764. The molecule has 0 fully saturated rings. The number of pyridine rings is 1. The fourth-order valence-electron chi connectivity index (χ4n) is 2.90. The molecule has 2 aromatic carbocycles. The molecule has 21 heavy (non-hydrogen) atoms. The van der Waals surface area contributed by atoms with Crippen LogP contribution in [-0.2, 0) is 5.60 Å². The molecule has 0 aliphatic carbocycles. The van der Waals surface area contributed by atoms with Crippen LogP contribution < -0.4 is 0 Å². The van der Waals surface area contributed by atoms with Crippen molar-refractivity contribution in [1.29, 1.82) is 0 Å². The van der Waals surface area contributed by atoms with Crippen molar-refractivity contribution in [3.05, 3.63) is 77.0 Å². The molecular formula is C19H19NO. The molecule has 0 saturated carbocycles. The highest BCUT2D eigenvalue weighted by Gasteiger charge is 2.29. The van der Waals surface area contributed by atoms with Crippen molar-refractivity contribution >= 4 is 10.9 Å². The minimum atomic E-state index is -1.07. The van der Waals surface area contributed by atoms with Gasteiger partial charge in [0.25, 0.3) is 0 Å². The van der Waals surface area contributed by atoms with Gasteiger partial charge in [0.15, 0.2) is 0 Å². The van der Waals surface area contributed by atoms with Gasteiger partial charge >= 0.3 is 0 Å². The van der Waals surface area contributed by atoms with Crippen molar-refractivity contribution in [2.75, 3.05) is 0 Å². The third-order valence-corrected chi connectivity index (χ3v) is 4.07. The van der Waals surface area contributed by atoms with Gasteiger partial charge in [-0.2, -0.15) is 0 Å². The summed E-state index contributed by atoms with van der Waals surface area (Å²) in [7, 11) is 0.